The number of methoxy groups -OCH3 is 1. The van der Waals surface area contributed by atoms with Crippen molar-refractivity contribution in [1.29, 1.82) is 0 Å². The van der Waals surface area contributed by atoms with Crippen molar-refractivity contribution in [3.8, 4) is 0 Å². The predicted molar refractivity (Wildman–Crippen MR) is 64.2 cm³/mol. The molecule has 86 valence electrons. The molecule has 1 rings (SSSR count). The summed E-state index contributed by atoms with van der Waals surface area (Å²) < 4.78 is 7.53. The first-order chi connectivity index (χ1) is 6.96. The van der Waals surface area contributed by atoms with Crippen LogP contribution in [0.2, 0.25) is 0 Å². The minimum atomic E-state index is 0.296. The van der Waals surface area contributed by atoms with E-state index in [1.165, 1.54) is 11.4 Å². The highest BCUT2D eigenvalue weighted by atomic mass is 16.5. The zero-order valence-electron chi connectivity index (χ0n) is 10.6. The van der Waals surface area contributed by atoms with E-state index in [4.69, 9.17) is 4.74 Å². The minimum absolute atomic E-state index is 0.296. The Bertz CT molecular complexity index is 293. The molecule has 0 fully saturated rings. The monoisotopic (exact) mass is 209 g/mol. The van der Waals surface area contributed by atoms with E-state index in [2.05, 4.69) is 44.4 Å². The molecule has 1 heterocycles. The maximum absolute atomic E-state index is 5.15. The molecule has 0 spiro atoms. The Morgan fingerprint density at radius 1 is 1.20 bits per heavy atom. The fourth-order valence-electron chi connectivity index (χ4n) is 1.83. The van der Waals surface area contributed by atoms with Crippen LogP contribution in [0.5, 0.6) is 0 Å². The molecule has 0 saturated carbocycles. The van der Waals surface area contributed by atoms with E-state index in [-0.39, 0.29) is 0 Å². The van der Waals surface area contributed by atoms with Crippen molar-refractivity contribution in [1.82, 2.24) is 4.57 Å². The topological polar surface area (TPSA) is 14.2 Å². The quantitative estimate of drug-likeness (QED) is 0.726. The smallest absolute Gasteiger partial charge is 0.0468 e. The van der Waals surface area contributed by atoms with E-state index in [0.29, 0.717) is 5.41 Å². The summed E-state index contributed by atoms with van der Waals surface area (Å²) in [5, 5.41) is 0. The van der Waals surface area contributed by atoms with E-state index in [1.54, 1.807) is 7.11 Å². The molecule has 0 saturated heterocycles. The van der Waals surface area contributed by atoms with Gasteiger partial charge in [0.05, 0.1) is 0 Å². The second-order valence-electron chi connectivity index (χ2n) is 5.11. The van der Waals surface area contributed by atoms with E-state index < -0.39 is 0 Å². The molecule has 0 aliphatic heterocycles. The second-order valence-corrected chi connectivity index (χ2v) is 5.11. The fourth-order valence-corrected chi connectivity index (χ4v) is 1.83. The molecule has 0 unspecified atom stereocenters. The highest BCUT2D eigenvalue weighted by Crippen LogP contribution is 2.24. The molecule has 2 nitrogen and oxygen atoms in total. The molecule has 15 heavy (non-hydrogen) atoms. The van der Waals surface area contributed by atoms with Gasteiger partial charge in [0, 0.05) is 31.6 Å². The van der Waals surface area contributed by atoms with Crippen LogP contribution in [0.25, 0.3) is 0 Å². The summed E-state index contributed by atoms with van der Waals surface area (Å²) >= 11 is 0. The highest BCUT2D eigenvalue weighted by Gasteiger charge is 2.19. The number of nitrogens with zero attached hydrogens (tertiary/aromatic N) is 1. The zero-order chi connectivity index (χ0) is 11.5. The molecule has 0 radical (unpaired) electrons. The summed E-state index contributed by atoms with van der Waals surface area (Å²) in [5.41, 5.74) is 2.99. The van der Waals surface area contributed by atoms with Crippen LogP contribution in [0.1, 0.15) is 31.7 Å². The lowest BCUT2D eigenvalue weighted by Crippen LogP contribution is -2.22. The Kier molecular flexibility index (Phi) is 3.97. The molecule has 0 atom stereocenters. The Hall–Kier alpha value is -0.760. The molecule has 1 aromatic rings. The van der Waals surface area contributed by atoms with Crippen molar-refractivity contribution >= 4 is 0 Å². The maximum Gasteiger partial charge on any atom is 0.0468 e. The molecule has 0 aliphatic carbocycles. The Morgan fingerprint density at radius 2 is 1.73 bits per heavy atom. The number of aromatic nitrogens is 1. The van der Waals surface area contributed by atoms with Gasteiger partial charge in [-0.05, 0) is 37.8 Å². The summed E-state index contributed by atoms with van der Waals surface area (Å²) in [5.74, 6) is 0. The maximum atomic E-state index is 5.15. The van der Waals surface area contributed by atoms with Crippen LogP contribution in [0.4, 0.5) is 0 Å². The number of rotatable bonds is 5. The van der Waals surface area contributed by atoms with E-state index >= 15 is 0 Å². The van der Waals surface area contributed by atoms with Crippen LogP contribution in [0.3, 0.4) is 0 Å². The van der Waals surface area contributed by atoms with Crippen molar-refractivity contribution in [2.24, 2.45) is 5.41 Å². The number of hydrogen-bond donors (Lipinski definition) is 0. The van der Waals surface area contributed by atoms with Crippen LogP contribution >= 0.6 is 0 Å². The van der Waals surface area contributed by atoms with Gasteiger partial charge in [0.15, 0.2) is 0 Å². The van der Waals surface area contributed by atoms with E-state index in [0.717, 1.165) is 19.6 Å². The van der Waals surface area contributed by atoms with Crippen LogP contribution in [0.15, 0.2) is 12.1 Å². The third-order valence-electron chi connectivity index (χ3n) is 2.99. The van der Waals surface area contributed by atoms with Gasteiger partial charge in [-0.1, -0.05) is 13.8 Å². The zero-order valence-corrected chi connectivity index (χ0v) is 10.6. The van der Waals surface area contributed by atoms with Gasteiger partial charge in [-0.2, -0.15) is 0 Å². The lowest BCUT2D eigenvalue weighted by atomic mass is 9.89. The largest absolute Gasteiger partial charge is 0.385 e. The van der Waals surface area contributed by atoms with Gasteiger partial charge < -0.3 is 9.30 Å². The standard InChI is InChI=1S/C13H23NO/c1-11-6-7-12(2)14(11)10-13(3,4)8-9-15-5/h6-7H,8-10H2,1-5H3. The first kappa shape index (κ1) is 12.3. The summed E-state index contributed by atoms with van der Waals surface area (Å²) in [7, 11) is 1.77. The molecule has 0 N–H and O–H groups in total. The van der Waals surface area contributed by atoms with Crippen molar-refractivity contribution in [3.63, 3.8) is 0 Å². The third kappa shape index (κ3) is 3.38. The van der Waals surface area contributed by atoms with Crippen molar-refractivity contribution < 1.29 is 4.74 Å². The lowest BCUT2D eigenvalue weighted by molar-refractivity contribution is 0.142. The van der Waals surface area contributed by atoms with Crippen LogP contribution in [-0.4, -0.2) is 18.3 Å². The van der Waals surface area contributed by atoms with Crippen LogP contribution in [0, 0.1) is 19.3 Å². The molecule has 1 aromatic heterocycles. The van der Waals surface area contributed by atoms with Gasteiger partial charge in [-0.15, -0.1) is 0 Å². The summed E-state index contributed by atoms with van der Waals surface area (Å²) in [4.78, 5) is 0. The predicted octanol–water partition coefficient (Wildman–Crippen LogP) is 3.17. The fraction of sp³-hybridized carbons (Fsp3) is 0.692. The molecule has 0 aliphatic rings. The SMILES string of the molecule is COCCC(C)(C)Cn1c(C)ccc1C. The van der Waals surface area contributed by atoms with Gasteiger partial charge in [-0.3, -0.25) is 0 Å². The first-order valence-electron chi connectivity index (χ1n) is 5.58. The second kappa shape index (κ2) is 4.84. The molecule has 2 heteroatoms. The average Bonchev–Trinajstić information content (AvgIpc) is 2.46. The highest BCUT2D eigenvalue weighted by molar-refractivity contribution is 5.13. The van der Waals surface area contributed by atoms with E-state index in [9.17, 15) is 0 Å². The first-order valence-corrected chi connectivity index (χ1v) is 5.58. The third-order valence-corrected chi connectivity index (χ3v) is 2.99. The molecule has 0 bridgehead atoms. The Balaban J connectivity index is 2.68. The van der Waals surface area contributed by atoms with Gasteiger partial charge >= 0.3 is 0 Å². The summed E-state index contributed by atoms with van der Waals surface area (Å²) in [6.07, 6.45) is 1.10. The van der Waals surface area contributed by atoms with E-state index in [1.807, 2.05) is 0 Å². The normalized spacial score (nSPS) is 12.1. The van der Waals surface area contributed by atoms with Gasteiger partial charge in [0.2, 0.25) is 0 Å². The van der Waals surface area contributed by atoms with Gasteiger partial charge in [0.1, 0.15) is 0 Å². The van der Waals surface area contributed by atoms with Crippen LogP contribution in [-0.2, 0) is 11.3 Å². The van der Waals surface area contributed by atoms with Crippen LogP contribution < -0.4 is 0 Å². The Morgan fingerprint density at radius 3 is 2.20 bits per heavy atom. The number of aryl methyl sites for hydroxylation is 2. The average molecular weight is 209 g/mol. The number of ether oxygens (including phenoxy) is 1. The molecular formula is C13H23NO. The summed E-state index contributed by atoms with van der Waals surface area (Å²) in [6, 6.07) is 4.36. The molecular weight excluding hydrogens is 186 g/mol. The molecule has 0 amide bonds. The summed E-state index contributed by atoms with van der Waals surface area (Å²) in [6.45, 7) is 10.8. The van der Waals surface area contributed by atoms with Crippen molar-refractivity contribution in [2.45, 2.75) is 40.7 Å². The lowest BCUT2D eigenvalue weighted by Gasteiger charge is -2.26. The van der Waals surface area contributed by atoms with Gasteiger partial charge in [-0.25, -0.2) is 0 Å². The van der Waals surface area contributed by atoms with Crippen molar-refractivity contribution in [2.75, 3.05) is 13.7 Å². The Labute approximate surface area is 93.2 Å². The number of hydrogen-bond acceptors (Lipinski definition) is 1. The van der Waals surface area contributed by atoms with Gasteiger partial charge in [0.25, 0.3) is 0 Å². The minimum Gasteiger partial charge on any atom is -0.385 e. The molecule has 0 aromatic carbocycles. The van der Waals surface area contributed by atoms with Crippen molar-refractivity contribution in [3.05, 3.63) is 23.5 Å².